The van der Waals surface area contributed by atoms with Crippen LogP contribution in [-0.2, 0) is 4.79 Å². The first kappa shape index (κ1) is 17.0. The average molecular weight is 340 g/mol. The zero-order valence-electron chi connectivity index (χ0n) is 14.7. The number of benzene rings is 1. The minimum Gasteiger partial charge on any atom is -0.306 e. The standard InChI is InChI=1S/C20H24N2OS/c1-14-8-9-17-16(11-14)15(2)12-20(3,4)22(17)19(23)13-24-18-7-5-6-10-21-18/h5-11,15H,12-13H2,1-4H3. The van der Waals surface area contributed by atoms with Crippen LogP contribution in [-0.4, -0.2) is 22.2 Å². The lowest BCUT2D eigenvalue weighted by Crippen LogP contribution is -2.52. The van der Waals surface area contributed by atoms with Gasteiger partial charge in [0.15, 0.2) is 0 Å². The largest absolute Gasteiger partial charge is 0.306 e. The Bertz CT molecular complexity index is 743. The maximum atomic E-state index is 13.0. The van der Waals surface area contributed by atoms with Crippen LogP contribution in [0.1, 0.15) is 44.2 Å². The van der Waals surface area contributed by atoms with Gasteiger partial charge in [-0.2, -0.15) is 0 Å². The first-order valence-corrected chi connectivity index (χ1v) is 9.34. The van der Waals surface area contributed by atoms with Gasteiger partial charge in [-0.15, -0.1) is 0 Å². The maximum absolute atomic E-state index is 13.0. The highest BCUT2D eigenvalue weighted by Crippen LogP contribution is 2.43. The van der Waals surface area contributed by atoms with Crippen LogP contribution in [0, 0.1) is 6.92 Å². The number of rotatable bonds is 3. The predicted octanol–water partition coefficient (Wildman–Crippen LogP) is 4.80. The summed E-state index contributed by atoms with van der Waals surface area (Å²) in [6, 6.07) is 12.2. The van der Waals surface area contributed by atoms with Crippen LogP contribution in [0.2, 0.25) is 0 Å². The molecule has 3 nitrogen and oxygen atoms in total. The molecule has 0 saturated carbocycles. The Hall–Kier alpha value is -1.81. The van der Waals surface area contributed by atoms with Gasteiger partial charge in [-0.05, 0) is 56.9 Å². The number of aromatic nitrogens is 1. The van der Waals surface area contributed by atoms with Crippen molar-refractivity contribution in [3.8, 4) is 0 Å². The lowest BCUT2D eigenvalue weighted by molar-refractivity contribution is -0.117. The molecule has 0 saturated heterocycles. The number of aryl methyl sites for hydroxylation is 1. The van der Waals surface area contributed by atoms with Crippen LogP contribution < -0.4 is 4.90 Å². The van der Waals surface area contributed by atoms with E-state index in [9.17, 15) is 4.79 Å². The minimum absolute atomic E-state index is 0.146. The molecular weight excluding hydrogens is 316 g/mol. The number of fused-ring (bicyclic) bond motifs is 1. The van der Waals surface area contributed by atoms with E-state index >= 15 is 0 Å². The van der Waals surface area contributed by atoms with Crippen molar-refractivity contribution in [1.29, 1.82) is 0 Å². The number of pyridine rings is 1. The fraction of sp³-hybridized carbons (Fsp3) is 0.400. The highest BCUT2D eigenvalue weighted by Gasteiger charge is 2.39. The number of anilines is 1. The van der Waals surface area contributed by atoms with Crippen molar-refractivity contribution < 1.29 is 4.79 Å². The third kappa shape index (κ3) is 3.34. The molecule has 1 aromatic carbocycles. The highest BCUT2D eigenvalue weighted by atomic mass is 32.2. The van der Waals surface area contributed by atoms with Crippen molar-refractivity contribution in [3.63, 3.8) is 0 Å². The van der Waals surface area contributed by atoms with Gasteiger partial charge < -0.3 is 4.90 Å². The first-order chi connectivity index (χ1) is 11.4. The van der Waals surface area contributed by atoms with Gasteiger partial charge in [0.2, 0.25) is 5.91 Å². The molecule has 24 heavy (non-hydrogen) atoms. The van der Waals surface area contributed by atoms with E-state index in [4.69, 9.17) is 0 Å². The van der Waals surface area contributed by atoms with Gasteiger partial charge in [0.25, 0.3) is 0 Å². The van der Waals surface area contributed by atoms with E-state index in [0.717, 1.165) is 17.1 Å². The normalized spacial score (nSPS) is 19.0. The summed E-state index contributed by atoms with van der Waals surface area (Å²) >= 11 is 1.50. The quantitative estimate of drug-likeness (QED) is 0.752. The first-order valence-electron chi connectivity index (χ1n) is 8.36. The Morgan fingerprint density at radius 2 is 2.12 bits per heavy atom. The van der Waals surface area contributed by atoms with Gasteiger partial charge in [0.1, 0.15) is 0 Å². The Kier molecular flexibility index (Phi) is 4.68. The molecule has 0 radical (unpaired) electrons. The zero-order valence-corrected chi connectivity index (χ0v) is 15.6. The smallest absolute Gasteiger partial charge is 0.237 e. The zero-order chi connectivity index (χ0) is 17.3. The Morgan fingerprint density at radius 1 is 1.33 bits per heavy atom. The maximum Gasteiger partial charge on any atom is 0.237 e. The number of hydrogen-bond donors (Lipinski definition) is 0. The topological polar surface area (TPSA) is 33.2 Å². The monoisotopic (exact) mass is 340 g/mol. The van der Waals surface area contributed by atoms with Crippen molar-refractivity contribution in [3.05, 3.63) is 53.7 Å². The van der Waals surface area contributed by atoms with E-state index in [-0.39, 0.29) is 11.4 Å². The van der Waals surface area contributed by atoms with Crippen molar-refractivity contribution in [1.82, 2.24) is 4.98 Å². The van der Waals surface area contributed by atoms with Gasteiger partial charge in [-0.25, -0.2) is 4.98 Å². The molecule has 4 heteroatoms. The van der Waals surface area contributed by atoms with Crippen molar-refractivity contribution in [2.24, 2.45) is 0 Å². The Balaban J connectivity index is 1.87. The van der Waals surface area contributed by atoms with Crippen molar-refractivity contribution >= 4 is 23.4 Å². The lowest BCUT2D eigenvalue weighted by Gasteiger charge is -2.46. The SMILES string of the molecule is Cc1ccc2c(c1)C(C)CC(C)(C)N2C(=O)CSc1ccccn1. The number of hydrogen-bond acceptors (Lipinski definition) is 3. The highest BCUT2D eigenvalue weighted by molar-refractivity contribution is 7.99. The third-order valence-corrected chi connectivity index (χ3v) is 5.53. The van der Waals surface area contributed by atoms with E-state index in [1.165, 1.54) is 22.9 Å². The van der Waals surface area contributed by atoms with E-state index in [1.54, 1.807) is 6.20 Å². The molecule has 0 aliphatic carbocycles. The molecule has 1 amide bonds. The second kappa shape index (κ2) is 6.60. The molecule has 1 aliphatic rings. The second-order valence-corrected chi connectivity index (χ2v) is 8.16. The fourth-order valence-corrected chi connectivity index (χ4v) is 4.36. The molecular formula is C20H24N2OS. The molecule has 2 heterocycles. The molecule has 1 aromatic heterocycles. The van der Waals surface area contributed by atoms with Crippen LogP contribution in [0.4, 0.5) is 5.69 Å². The van der Waals surface area contributed by atoms with Crippen molar-refractivity contribution in [2.45, 2.75) is 50.6 Å². The minimum atomic E-state index is -0.177. The number of thioether (sulfide) groups is 1. The molecule has 1 atom stereocenters. The fourth-order valence-electron chi connectivity index (χ4n) is 3.65. The van der Waals surface area contributed by atoms with Crippen LogP contribution in [0.15, 0.2) is 47.6 Å². The number of carbonyl (C=O) groups is 1. The number of carbonyl (C=O) groups excluding carboxylic acids is 1. The van der Waals surface area contributed by atoms with Crippen LogP contribution in [0.5, 0.6) is 0 Å². The average Bonchev–Trinajstić information content (AvgIpc) is 2.54. The van der Waals surface area contributed by atoms with Gasteiger partial charge in [-0.3, -0.25) is 4.79 Å². The van der Waals surface area contributed by atoms with Crippen LogP contribution >= 0.6 is 11.8 Å². The molecule has 1 aliphatic heterocycles. The molecule has 0 N–H and O–H groups in total. The van der Waals surface area contributed by atoms with Gasteiger partial charge in [0.05, 0.1) is 10.8 Å². The van der Waals surface area contributed by atoms with E-state index < -0.39 is 0 Å². The second-order valence-electron chi connectivity index (χ2n) is 7.17. The summed E-state index contributed by atoms with van der Waals surface area (Å²) in [4.78, 5) is 19.3. The predicted molar refractivity (Wildman–Crippen MR) is 101 cm³/mol. The molecule has 3 rings (SSSR count). The number of amides is 1. The summed E-state index contributed by atoms with van der Waals surface area (Å²) in [6.45, 7) is 8.69. The Morgan fingerprint density at radius 3 is 2.83 bits per heavy atom. The summed E-state index contributed by atoms with van der Waals surface area (Å²) in [5, 5.41) is 0.887. The van der Waals surface area contributed by atoms with Gasteiger partial charge in [0, 0.05) is 17.4 Å². The van der Waals surface area contributed by atoms with E-state index in [2.05, 4.69) is 50.9 Å². The summed E-state index contributed by atoms with van der Waals surface area (Å²) < 4.78 is 0. The molecule has 0 bridgehead atoms. The molecule has 0 spiro atoms. The number of nitrogens with zero attached hydrogens (tertiary/aromatic N) is 2. The van der Waals surface area contributed by atoms with Crippen molar-refractivity contribution in [2.75, 3.05) is 10.7 Å². The van der Waals surface area contributed by atoms with Crippen LogP contribution in [0.25, 0.3) is 0 Å². The van der Waals surface area contributed by atoms with E-state index in [0.29, 0.717) is 11.7 Å². The molecule has 0 fully saturated rings. The molecule has 126 valence electrons. The van der Waals surface area contributed by atoms with Crippen LogP contribution in [0.3, 0.4) is 0 Å². The summed E-state index contributed by atoms with van der Waals surface area (Å²) in [7, 11) is 0. The Labute approximate surface area is 148 Å². The summed E-state index contributed by atoms with van der Waals surface area (Å²) in [6.07, 6.45) is 2.74. The third-order valence-electron chi connectivity index (χ3n) is 4.60. The molecule has 2 aromatic rings. The summed E-state index contributed by atoms with van der Waals surface area (Å²) in [5.41, 5.74) is 3.42. The van der Waals surface area contributed by atoms with Gasteiger partial charge >= 0.3 is 0 Å². The van der Waals surface area contributed by atoms with Gasteiger partial charge in [-0.1, -0.05) is 42.4 Å². The lowest BCUT2D eigenvalue weighted by atomic mass is 9.79. The molecule has 1 unspecified atom stereocenters. The van der Waals surface area contributed by atoms with E-state index in [1.807, 2.05) is 23.1 Å². The summed E-state index contributed by atoms with van der Waals surface area (Å²) in [5.74, 6) is 1.01.